The van der Waals surface area contributed by atoms with Crippen LogP contribution in [0.5, 0.6) is 17.4 Å². The van der Waals surface area contributed by atoms with E-state index in [2.05, 4.69) is 4.99 Å². The number of para-hydroxylation sites is 1. The SMILES string of the molecule is COc1ccc(-n2c(O)c(C=C3C=Nc4ccccc43)sc2=S)c(OC)c1. The smallest absolute Gasteiger partial charge is 0.215 e. The van der Waals surface area contributed by atoms with Gasteiger partial charge >= 0.3 is 0 Å². The molecule has 0 radical (unpaired) electrons. The van der Waals surface area contributed by atoms with Gasteiger partial charge in [-0.2, -0.15) is 0 Å². The van der Waals surface area contributed by atoms with Crippen LogP contribution in [0.15, 0.2) is 47.5 Å². The van der Waals surface area contributed by atoms with Crippen LogP contribution in [0, 0.1) is 3.95 Å². The molecule has 1 aromatic heterocycles. The zero-order chi connectivity index (χ0) is 19.0. The molecule has 0 amide bonds. The van der Waals surface area contributed by atoms with E-state index in [0.717, 1.165) is 16.8 Å². The highest BCUT2D eigenvalue weighted by atomic mass is 32.1. The number of aromatic hydroxyl groups is 1. The molecule has 0 saturated carbocycles. The van der Waals surface area contributed by atoms with Crippen molar-refractivity contribution >= 4 is 47.1 Å². The second kappa shape index (κ2) is 7.02. The van der Waals surface area contributed by atoms with Crippen molar-refractivity contribution in [1.29, 1.82) is 0 Å². The normalized spacial score (nSPS) is 13.8. The standard InChI is InChI=1S/C20H16N2O3S2/c1-24-13-7-8-16(17(10-13)25-2)22-19(23)18(27-20(22)26)9-12-11-21-15-6-4-3-5-14(12)15/h3-11,23H,1-2H3. The number of ether oxygens (including phenoxy) is 2. The average Bonchev–Trinajstić information content (AvgIpc) is 3.22. The molecule has 0 bridgehead atoms. The quantitative estimate of drug-likeness (QED) is 0.612. The molecule has 7 heteroatoms. The van der Waals surface area contributed by atoms with Crippen molar-refractivity contribution in [3.8, 4) is 23.1 Å². The summed E-state index contributed by atoms with van der Waals surface area (Å²) in [5, 5.41) is 10.8. The third-order valence-corrected chi connectivity index (χ3v) is 5.59. The molecule has 0 aliphatic carbocycles. The Balaban J connectivity index is 1.82. The monoisotopic (exact) mass is 396 g/mol. The molecular formula is C20H16N2O3S2. The van der Waals surface area contributed by atoms with Crippen LogP contribution in [-0.2, 0) is 0 Å². The first-order chi connectivity index (χ1) is 13.1. The molecule has 27 heavy (non-hydrogen) atoms. The first kappa shape index (κ1) is 17.5. The zero-order valence-corrected chi connectivity index (χ0v) is 16.3. The molecule has 0 fully saturated rings. The third kappa shape index (κ3) is 3.05. The summed E-state index contributed by atoms with van der Waals surface area (Å²) in [6, 6.07) is 13.3. The third-order valence-electron chi connectivity index (χ3n) is 4.28. The van der Waals surface area contributed by atoms with Crippen LogP contribution in [0.4, 0.5) is 5.69 Å². The van der Waals surface area contributed by atoms with Gasteiger partial charge in [-0.25, -0.2) is 0 Å². The maximum absolute atomic E-state index is 10.8. The van der Waals surface area contributed by atoms with Gasteiger partial charge < -0.3 is 14.6 Å². The van der Waals surface area contributed by atoms with E-state index in [1.165, 1.54) is 11.3 Å². The van der Waals surface area contributed by atoms with Crippen molar-refractivity contribution in [2.75, 3.05) is 14.2 Å². The van der Waals surface area contributed by atoms with E-state index in [-0.39, 0.29) is 5.88 Å². The van der Waals surface area contributed by atoms with E-state index in [1.54, 1.807) is 37.1 Å². The lowest BCUT2D eigenvalue weighted by Gasteiger charge is -2.12. The molecule has 1 N–H and O–H groups in total. The van der Waals surface area contributed by atoms with Gasteiger partial charge in [0.25, 0.3) is 0 Å². The van der Waals surface area contributed by atoms with E-state index in [9.17, 15) is 5.11 Å². The highest BCUT2D eigenvalue weighted by Gasteiger charge is 2.18. The molecule has 0 unspecified atom stereocenters. The van der Waals surface area contributed by atoms with Gasteiger partial charge in [-0.15, -0.1) is 11.3 Å². The van der Waals surface area contributed by atoms with E-state index in [1.807, 2.05) is 36.4 Å². The Morgan fingerprint density at radius 1 is 1.15 bits per heavy atom. The van der Waals surface area contributed by atoms with E-state index in [4.69, 9.17) is 21.7 Å². The van der Waals surface area contributed by atoms with Gasteiger partial charge in [0.05, 0.1) is 30.5 Å². The number of aromatic nitrogens is 1. The first-order valence-electron chi connectivity index (χ1n) is 8.14. The minimum atomic E-state index is 0.0683. The van der Waals surface area contributed by atoms with Crippen LogP contribution in [0.2, 0.25) is 0 Å². The molecule has 4 rings (SSSR count). The van der Waals surface area contributed by atoms with Gasteiger partial charge in [0, 0.05) is 23.4 Å². The minimum absolute atomic E-state index is 0.0683. The molecule has 3 aromatic rings. The zero-order valence-electron chi connectivity index (χ0n) is 14.7. The van der Waals surface area contributed by atoms with Crippen molar-refractivity contribution < 1.29 is 14.6 Å². The molecule has 136 valence electrons. The van der Waals surface area contributed by atoms with Gasteiger partial charge in [-0.3, -0.25) is 9.56 Å². The minimum Gasteiger partial charge on any atom is -0.497 e. The number of allylic oxidation sites excluding steroid dienone is 1. The summed E-state index contributed by atoms with van der Waals surface area (Å²) < 4.78 is 12.8. The van der Waals surface area contributed by atoms with Crippen molar-refractivity contribution in [3.63, 3.8) is 0 Å². The molecule has 2 heterocycles. The maximum Gasteiger partial charge on any atom is 0.215 e. The maximum atomic E-state index is 10.8. The molecule has 2 aromatic carbocycles. The van der Waals surface area contributed by atoms with Gasteiger partial charge in [0.15, 0.2) is 3.95 Å². The van der Waals surface area contributed by atoms with Crippen molar-refractivity contribution in [2.24, 2.45) is 4.99 Å². The molecule has 1 aliphatic rings. The van der Waals surface area contributed by atoms with Gasteiger partial charge in [0.2, 0.25) is 5.88 Å². The number of fused-ring (bicyclic) bond motifs is 1. The van der Waals surface area contributed by atoms with E-state index >= 15 is 0 Å². The fraction of sp³-hybridized carbons (Fsp3) is 0.100. The predicted octanol–water partition coefficient (Wildman–Crippen LogP) is 5.25. The van der Waals surface area contributed by atoms with Crippen LogP contribution in [0.25, 0.3) is 17.3 Å². The molecule has 0 atom stereocenters. The first-order valence-corrected chi connectivity index (χ1v) is 9.37. The van der Waals surface area contributed by atoms with Gasteiger partial charge in [-0.05, 0) is 36.5 Å². The molecular weight excluding hydrogens is 380 g/mol. The fourth-order valence-electron chi connectivity index (χ4n) is 2.95. The summed E-state index contributed by atoms with van der Waals surface area (Å²) in [5.74, 6) is 1.29. The molecule has 5 nitrogen and oxygen atoms in total. The Morgan fingerprint density at radius 2 is 1.96 bits per heavy atom. The van der Waals surface area contributed by atoms with Crippen LogP contribution in [-0.4, -0.2) is 30.1 Å². The summed E-state index contributed by atoms with van der Waals surface area (Å²) in [4.78, 5) is 5.07. The predicted molar refractivity (Wildman–Crippen MR) is 112 cm³/mol. The Morgan fingerprint density at radius 3 is 2.74 bits per heavy atom. The van der Waals surface area contributed by atoms with Crippen LogP contribution >= 0.6 is 23.6 Å². The summed E-state index contributed by atoms with van der Waals surface area (Å²) in [7, 11) is 3.16. The number of methoxy groups -OCH3 is 2. The lowest BCUT2D eigenvalue weighted by molar-refractivity contribution is 0.390. The van der Waals surface area contributed by atoms with E-state index < -0.39 is 0 Å². The summed E-state index contributed by atoms with van der Waals surface area (Å²) in [6.45, 7) is 0. The molecule has 0 spiro atoms. The molecule has 1 aliphatic heterocycles. The number of rotatable bonds is 4. The summed E-state index contributed by atoms with van der Waals surface area (Å²) in [5.41, 5.74) is 3.54. The van der Waals surface area contributed by atoms with Gasteiger partial charge in [-0.1, -0.05) is 18.2 Å². The Kier molecular flexibility index (Phi) is 4.55. The average molecular weight is 396 g/mol. The number of aliphatic imine (C=N–C) groups is 1. The number of thiazole rings is 1. The van der Waals surface area contributed by atoms with Crippen LogP contribution < -0.4 is 9.47 Å². The second-order valence-electron chi connectivity index (χ2n) is 5.80. The number of hydrogen-bond acceptors (Lipinski definition) is 6. The van der Waals surface area contributed by atoms with Crippen molar-refractivity contribution in [3.05, 3.63) is 56.9 Å². The van der Waals surface area contributed by atoms with Crippen molar-refractivity contribution in [2.45, 2.75) is 0 Å². The number of hydrogen-bond donors (Lipinski definition) is 1. The Hall–Kier alpha value is -2.90. The number of benzene rings is 2. The lowest BCUT2D eigenvalue weighted by atomic mass is 10.1. The largest absolute Gasteiger partial charge is 0.497 e. The molecule has 0 saturated heterocycles. The van der Waals surface area contributed by atoms with E-state index in [0.29, 0.717) is 26.0 Å². The summed E-state index contributed by atoms with van der Waals surface area (Å²) >= 11 is 6.83. The second-order valence-corrected chi connectivity index (χ2v) is 7.48. The highest BCUT2D eigenvalue weighted by molar-refractivity contribution is 7.73. The highest BCUT2D eigenvalue weighted by Crippen LogP contribution is 2.39. The van der Waals surface area contributed by atoms with Gasteiger partial charge in [0.1, 0.15) is 11.5 Å². The van der Waals surface area contributed by atoms with Crippen molar-refractivity contribution in [1.82, 2.24) is 4.57 Å². The topological polar surface area (TPSA) is 56.0 Å². The lowest BCUT2D eigenvalue weighted by Crippen LogP contribution is -1.98. The fourth-order valence-corrected chi connectivity index (χ4v) is 4.24. The number of nitrogens with zero attached hydrogens (tertiary/aromatic N) is 2. The van der Waals surface area contributed by atoms with Crippen LogP contribution in [0.3, 0.4) is 0 Å². The van der Waals surface area contributed by atoms with Crippen LogP contribution in [0.1, 0.15) is 10.4 Å². The Bertz CT molecular complexity index is 1140. The Labute approximate surface area is 165 Å². The summed E-state index contributed by atoms with van der Waals surface area (Å²) in [6.07, 6.45) is 3.70.